The van der Waals surface area contributed by atoms with Gasteiger partial charge in [0.2, 0.25) is 0 Å². The highest BCUT2D eigenvalue weighted by Crippen LogP contribution is 2.38. The van der Waals surface area contributed by atoms with Crippen LogP contribution >= 0.6 is 31.9 Å². The summed E-state index contributed by atoms with van der Waals surface area (Å²) >= 11 is 7.01. The van der Waals surface area contributed by atoms with Gasteiger partial charge < -0.3 is 9.47 Å². The van der Waals surface area contributed by atoms with Gasteiger partial charge >= 0.3 is 0 Å². The first-order valence-electron chi connectivity index (χ1n) is 11.7. The number of pyridine rings is 2. The van der Waals surface area contributed by atoms with Crippen LogP contribution in [0.5, 0.6) is 11.5 Å². The fraction of sp³-hybridized carbons (Fsp3) is 0.0690. The summed E-state index contributed by atoms with van der Waals surface area (Å²) in [5, 5.41) is 9.05. The predicted molar refractivity (Wildman–Crippen MR) is 153 cm³/mol. The Morgan fingerprint density at radius 1 is 0.684 bits per heavy atom. The van der Waals surface area contributed by atoms with Crippen molar-refractivity contribution in [2.75, 3.05) is 14.2 Å². The third-order valence-electron chi connectivity index (χ3n) is 6.45. The standard InChI is InChI=1S/C29H20Br2N4O3/c1-37-25-11-17(30)15-34-27(25)23(13-32-34)19-7-3-5-9-21(19)29(36)22-10-6-4-8-20(22)24-14-33-35-16-18(31)12-26(38-2)28(24)35/h3-16H,1-2H3. The molecule has 2 aromatic carbocycles. The van der Waals surface area contributed by atoms with Gasteiger partial charge in [-0.25, -0.2) is 9.03 Å². The molecule has 6 aromatic rings. The maximum atomic E-state index is 14.2. The van der Waals surface area contributed by atoms with E-state index >= 15 is 0 Å². The first-order valence-corrected chi connectivity index (χ1v) is 13.2. The van der Waals surface area contributed by atoms with Crippen LogP contribution in [0.3, 0.4) is 0 Å². The molecule has 188 valence electrons. The first kappa shape index (κ1) is 24.4. The van der Waals surface area contributed by atoms with Crippen LogP contribution in [0.2, 0.25) is 0 Å². The van der Waals surface area contributed by atoms with E-state index in [9.17, 15) is 4.79 Å². The van der Waals surface area contributed by atoms with Crippen molar-refractivity contribution in [3.63, 3.8) is 0 Å². The van der Waals surface area contributed by atoms with Crippen LogP contribution in [0.4, 0.5) is 0 Å². The lowest BCUT2D eigenvalue weighted by molar-refractivity contribution is 0.104. The van der Waals surface area contributed by atoms with Crippen molar-refractivity contribution in [1.29, 1.82) is 0 Å². The van der Waals surface area contributed by atoms with Gasteiger partial charge in [-0.2, -0.15) is 10.2 Å². The summed E-state index contributed by atoms with van der Waals surface area (Å²) < 4.78 is 16.5. The SMILES string of the molecule is COc1cc(Br)cn2ncc(-c3ccccc3C(=O)c3ccccc3-c3cnn4cc(Br)cc(OC)c34)c12. The number of ketones is 1. The third-order valence-corrected chi connectivity index (χ3v) is 7.32. The van der Waals surface area contributed by atoms with Gasteiger partial charge in [-0.3, -0.25) is 4.79 Å². The van der Waals surface area contributed by atoms with Crippen LogP contribution in [-0.4, -0.2) is 39.2 Å². The smallest absolute Gasteiger partial charge is 0.194 e. The minimum Gasteiger partial charge on any atom is -0.494 e. The Morgan fingerprint density at radius 2 is 1.11 bits per heavy atom. The van der Waals surface area contributed by atoms with E-state index in [0.29, 0.717) is 22.6 Å². The largest absolute Gasteiger partial charge is 0.494 e. The molecule has 0 aliphatic rings. The molecule has 0 atom stereocenters. The molecular weight excluding hydrogens is 612 g/mol. The van der Waals surface area contributed by atoms with Crippen molar-refractivity contribution in [1.82, 2.24) is 19.2 Å². The number of ether oxygens (including phenoxy) is 2. The zero-order valence-corrected chi connectivity index (χ0v) is 23.5. The number of fused-ring (bicyclic) bond motifs is 2. The minimum absolute atomic E-state index is 0.109. The Bertz CT molecular complexity index is 1720. The summed E-state index contributed by atoms with van der Waals surface area (Å²) in [6.45, 7) is 0. The molecule has 6 rings (SSSR count). The first-order chi connectivity index (χ1) is 18.5. The Balaban J connectivity index is 1.53. The van der Waals surface area contributed by atoms with Crippen LogP contribution in [0.1, 0.15) is 15.9 Å². The molecule has 0 N–H and O–H groups in total. The maximum Gasteiger partial charge on any atom is 0.194 e. The number of carbonyl (C=O) groups is 1. The van der Waals surface area contributed by atoms with Crippen molar-refractivity contribution in [2.24, 2.45) is 0 Å². The van der Waals surface area contributed by atoms with Crippen LogP contribution in [0.15, 0.2) is 94.4 Å². The maximum absolute atomic E-state index is 14.2. The van der Waals surface area contributed by atoms with E-state index in [1.807, 2.05) is 73.1 Å². The van der Waals surface area contributed by atoms with Crippen molar-refractivity contribution in [3.05, 3.63) is 106 Å². The van der Waals surface area contributed by atoms with Gasteiger partial charge in [0.05, 0.1) is 26.6 Å². The van der Waals surface area contributed by atoms with E-state index < -0.39 is 0 Å². The third kappa shape index (κ3) is 3.99. The van der Waals surface area contributed by atoms with Crippen molar-refractivity contribution < 1.29 is 14.3 Å². The van der Waals surface area contributed by atoms with Gasteiger partial charge in [0.25, 0.3) is 0 Å². The van der Waals surface area contributed by atoms with Gasteiger partial charge in [-0.05, 0) is 55.1 Å². The number of halogens is 2. The average molecular weight is 632 g/mol. The quantitative estimate of drug-likeness (QED) is 0.184. The number of hydrogen-bond donors (Lipinski definition) is 0. The molecule has 7 nitrogen and oxygen atoms in total. The van der Waals surface area contributed by atoms with E-state index in [-0.39, 0.29) is 5.78 Å². The molecule has 0 unspecified atom stereocenters. The molecule has 9 heteroatoms. The second-order valence-corrected chi connectivity index (χ2v) is 10.4. The molecule has 0 fully saturated rings. The van der Waals surface area contributed by atoms with E-state index in [0.717, 1.165) is 42.2 Å². The number of benzene rings is 2. The summed E-state index contributed by atoms with van der Waals surface area (Å²) in [6, 6.07) is 18.9. The minimum atomic E-state index is -0.109. The van der Waals surface area contributed by atoms with E-state index in [1.54, 1.807) is 35.6 Å². The predicted octanol–water partition coefficient (Wildman–Crippen LogP) is 7.09. The number of methoxy groups -OCH3 is 2. The lowest BCUT2D eigenvalue weighted by Gasteiger charge is -2.13. The van der Waals surface area contributed by atoms with Gasteiger partial charge in [0.1, 0.15) is 22.5 Å². The van der Waals surface area contributed by atoms with E-state index in [2.05, 4.69) is 42.1 Å². The van der Waals surface area contributed by atoms with Gasteiger partial charge in [-0.1, -0.05) is 48.5 Å². The molecule has 38 heavy (non-hydrogen) atoms. The fourth-order valence-electron chi connectivity index (χ4n) is 4.79. The molecule has 0 aliphatic heterocycles. The molecule has 0 saturated carbocycles. The molecule has 0 aliphatic carbocycles. The monoisotopic (exact) mass is 630 g/mol. The van der Waals surface area contributed by atoms with Gasteiger partial charge in [-0.15, -0.1) is 0 Å². The van der Waals surface area contributed by atoms with Crippen LogP contribution in [0, 0.1) is 0 Å². The van der Waals surface area contributed by atoms with Crippen LogP contribution in [0.25, 0.3) is 33.3 Å². The number of aromatic nitrogens is 4. The molecular formula is C29H20Br2N4O3. The zero-order valence-electron chi connectivity index (χ0n) is 20.4. The van der Waals surface area contributed by atoms with Crippen molar-refractivity contribution >= 4 is 48.7 Å². The molecule has 0 spiro atoms. The molecule has 4 aromatic heterocycles. The molecule has 0 radical (unpaired) electrons. The zero-order chi connectivity index (χ0) is 26.4. The van der Waals surface area contributed by atoms with Gasteiger partial charge in [0.15, 0.2) is 5.78 Å². The second kappa shape index (κ2) is 9.74. The molecule has 0 amide bonds. The van der Waals surface area contributed by atoms with E-state index in [4.69, 9.17) is 9.47 Å². The summed E-state index contributed by atoms with van der Waals surface area (Å²) in [5.74, 6) is 1.19. The molecule has 0 saturated heterocycles. The topological polar surface area (TPSA) is 70.1 Å². The molecule has 0 bridgehead atoms. The van der Waals surface area contributed by atoms with Crippen LogP contribution < -0.4 is 9.47 Å². The highest BCUT2D eigenvalue weighted by molar-refractivity contribution is 9.10. The Morgan fingerprint density at radius 3 is 1.53 bits per heavy atom. The second-order valence-electron chi connectivity index (χ2n) is 8.58. The number of rotatable bonds is 6. The molecule has 4 heterocycles. The highest BCUT2D eigenvalue weighted by Gasteiger charge is 2.23. The Labute approximate surface area is 234 Å². The van der Waals surface area contributed by atoms with E-state index in [1.165, 1.54) is 0 Å². The average Bonchev–Trinajstić information content (AvgIpc) is 3.56. The number of carbonyl (C=O) groups excluding carboxylic acids is 1. The van der Waals surface area contributed by atoms with Crippen molar-refractivity contribution in [2.45, 2.75) is 0 Å². The summed E-state index contributed by atoms with van der Waals surface area (Å²) in [7, 11) is 3.24. The lowest BCUT2D eigenvalue weighted by atomic mass is 9.90. The van der Waals surface area contributed by atoms with Crippen LogP contribution in [-0.2, 0) is 0 Å². The number of nitrogens with zero attached hydrogens (tertiary/aromatic N) is 4. The number of hydrogen-bond acceptors (Lipinski definition) is 5. The Kier molecular flexibility index (Phi) is 6.25. The summed E-state index contributed by atoms with van der Waals surface area (Å²) in [4.78, 5) is 14.2. The fourth-order valence-corrected chi connectivity index (χ4v) is 5.59. The Hall–Kier alpha value is -3.95. The normalized spacial score (nSPS) is 11.3. The summed E-state index contributed by atoms with van der Waals surface area (Å²) in [5.41, 5.74) is 5.83. The summed E-state index contributed by atoms with van der Waals surface area (Å²) in [6.07, 6.45) is 7.24. The van der Waals surface area contributed by atoms with Crippen molar-refractivity contribution in [3.8, 4) is 33.8 Å². The highest BCUT2D eigenvalue weighted by atomic mass is 79.9. The van der Waals surface area contributed by atoms with Gasteiger partial charge in [0, 0.05) is 43.6 Å². The lowest BCUT2D eigenvalue weighted by Crippen LogP contribution is -2.05.